The molecule has 18 heavy (non-hydrogen) atoms. The Hall–Kier alpha value is -1.20. The molecule has 0 saturated carbocycles. The molecule has 1 aromatic heterocycles. The maximum Gasteiger partial charge on any atom is 0.225 e. The van der Waals surface area contributed by atoms with Crippen molar-refractivity contribution in [3.63, 3.8) is 0 Å². The van der Waals surface area contributed by atoms with E-state index in [2.05, 4.69) is 27.1 Å². The highest BCUT2D eigenvalue weighted by atomic mass is 16.5. The molecule has 1 aliphatic rings. The van der Waals surface area contributed by atoms with Crippen LogP contribution in [0, 0.1) is 6.92 Å². The van der Waals surface area contributed by atoms with Crippen molar-refractivity contribution in [2.75, 3.05) is 37.7 Å². The van der Waals surface area contributed by atoms with Gasteiger partial charge >= 0.3 is 0 Å². The molecule has 0 spiro atoms. The summed E-state index contributed by atoms with van der Waals surface area (Å²) in [5.41, 5.74) is 1.01. The van der Waals surface area contributed by atoms with Gasteiger partial charge in [0, 0.05) is 25.0 Å². The predicted molar refractivity (Wildman–Crippen MR) is 71.9 cm³/mol. The number of aryl methyl sites for hydroxylation is 1. The lowest BCUT2D eigenvalue weighted by Gasteiger charge is -2.35. The number of morpholine rings is 1. The van der Waals surface area contributed by atoms with E-state index in [4.69, 9.17) is 4.74 Å². The highest BCUT2D eigenvalue weighted by Gasteiger charge is 2.24. The standard InChI is InChI=1S/C13H22N4O/c1-3-5-14-9-12-10-18-8-7-17(12)13-15-6-4-11(2)16-13/h4,6,12,14H,3,5,7-10H2,1-2H3. The van der Waals surface area contributed by atoms with Gasteiger partial charge in [0.1, 0.15) is 0 Å². The normalized spacial score (nSPS) is 20.1. The molecule has 1 aliphatic heterocycles. The minimum absolute atomic E-state index is 0.326. The van der Waals surface area contributed by atoms with E-state index in [1.165, 1.54) is 0 Å². The average molecular weight is 250 g/mol. The van der Waals surface area contributed by atoms with Gasteiger partial charge in [-0.15, -0.1) is 0 Å². The van der Waals surface area contributed by atoms with Crippen LogP contribution in [0.15, 0.2) is 12.3 Å². The summed E-state index contributed by atoms with van der Waals surface area (Å²) < 4.78 is 5.56. The molecule has 1 atom stereocenters. The fourth-order valence-electron chi connectivity index (χ4n) is 2.11. The van der Waals surface area contributed by atoms with Crippen LogP contribution in [0.5, 0.6) is 0 Å². The third-order valence-corrected chi connectivity index (χ3v) is 3.07. The van der Waals surface area contributed by atoms with Crippen molar-refractivity contribution in [1.82, 2.24) is 15.3 Å². The maximum absolute atomic E-state index is 5.56. The first-order valence-electron chi connectivity index (χ1n) is 6.66. The van der Waals surface area contributed by atoms with Crippen LogP contribution < -0.4 is 10.2 Å². The van der Waals surface area contributed by atoms with E-state index in [9.17, 15) is 0 Å². The molecule has 100 valence electrons. The first kappa shape index (κ1) is 13.2. The van der Waals surface area contributed by atoms with Crippen LogP contribution in [0.25, 0.3) is 0 Å². The Kier molecular flexibility index (Phi) is 4.90. The highest BCUT2D eigenvalue weighted by molar-refractivity contribution is 5.33. The number of nitrogens with zero attached hydrogens (tertiary/aromatic N) is 3. The Balaban J connectivity index is 2.03. The number of hydrogen-bond donors (Lipinski definition) is 1. The van der Waals surface area contributed by atoms with Crippen molar-refractivity contribution < 1.29 is 4.74 Å². The van der Waals surface area contributed by atoms with Crippen LogP contribution in [0.1, 0.15) is 19.0 Å². The van der Waals surface area contributed by atoms with Gasteiger partial charge in [0.25, 0.3) is 0 Å². The lowest BCUT2D eigenvalue weighted by molar-refractivity contribution is 0.0929. The summed E-state index contributed by atoms with van der Waals surface area (Å²) in [4.78, 5) is 11.1. The minimum atomic E-state index is 0.326. The second-order valence-electron chi connectivity index (χ2n) is 4.62. The van der Waals surface area contributed by atoms with E-state index in [1.54, 1.807) is 0 Å². The SMILES string of the molecule is CCCNCC1COCCN1c1nccc(C)n1. The summed E-state index contributed by atoms with van der Waals surface area (Å²) in [6, 6.07) is 2.25. The van der Waals surface area contributed by atoms with E-state index in [-0.39, 0.29) is 0 Å². The van der Waals surface area contributed by atoms with Gasteiger partial charge in [0.05, 0.1) is 19.3 Å². The Morgan fingerprint density at radius 3 is 3.22 bits per heavy atom. The number of hydrogen-bond acceptors (Lipinski definition) is 5. The van der Waals surface area contributed by atoms with Crippen molar-refractivity contribution >= 4 is 5.95 Å². The molecule has 5 nitrogen and oxygen atoms in total. The second kappa shape index (κ2) is 6.66. The van der Waals surface area contributed by atoms with Crippen LogP contribution in [-0.2, 0) is 4.74 Å². The van der Waals surface area contributed by atoms with Gasteiger partial charge in [-0.05, 0) is 26.0 Å². The number of aromatic nitrogens is 2. The monoisotopic (exact) mass is 250 g/mol. The van der Waals surface area contributed by atoms with Crippen molar-refractivity contribution in [3.8, 4) is 0 Å². The summed E-state index contributed by atoms with van der Waals surface area (Å²) in [6.07, 6.45) is 2.97. The number of ether oxygens (including phenoxy) is 1. The number of rotatable bonds is 5. The number of anilines is 1. The molecule has 0 aromatic carbocycles. The lowest BCUT2D eigenvalue weighted by atomic mass is 10.2. The van der Waals surface area contributed by atoms with E-state index < -0.39 is 0 Å². The van der Waals surface area contributed by atoms with Gasteiger partial charge in [-0.2, -0.15) is 0 Å². The van der Waals surface area contributed by atoms with E-state index in [1.807, 2.05) is 19.2 Å². The molecule has 0 radical (unpaired) electrons. The van der Waals surface area contributed by atoms with E-state index >= 15 is 0 Å². The van der Waals surface area contributed by atoms with Crippen LogP contribution in [0.3, 0.4) is 0 Å². The van der Waals surface area contributed by atoms with E-state index in [0.29, 0.717) is 6.04 Å². The van der Waals surface area contributed by atoms with Crippen LogP contribution in [0.2, 0.25) is 0 Å². The molecular weight excluding hydrogens is 228 g/mol. The fraction of sp³-hybridized carbons (Fsp3) is 0.692. The molecule has 1 fully saturated rings. The molecule has 5 heteroatoms. The average Bonchev–Trinajstić information content (AvgIpc) is 2.40. The first-order valence-corrected chi connectivity index (χ1v) is 6.66. The lowest BCUT2D eigenvalue weighted by Crippen LogP contribution is -2.51. The topological polar surface area (TPSA) is 50.3 Å². The Morgan fingerprint density at radius 1 is 1.56 bits per heavy atom. The molecule has 1 unspecified atom stereocenters. The van der Waals surface area contributed by atoms with Crippen molar-refractivity contribution in [2.24, 2.45) is 0 Å². The zero-order chi connectivity index (χ0) is 12.8. The van der Waals surface area contributed by atoms with Gasteiger partial charge in [-0.25, -0.2) is 9.97 Å². The van der Waals surface area contributed by atoms with Crippen LogP contribution in [0.4, 0.5) is 5.95 Å². The molecule has 1 aromatic rings. The minimum Gasteiger partial charge on any atom is -0.377 e. The molecule has 2 heterocycles. The first-order chi connectivity index (χ1) is 8.81. The maximum atomic E-state index is 5.56. The zero-order valence-electron chi connectivity index (χ0n) is 11.2. The van der Waals surface area contributed by atoms with Crippen LogP contribution in [-0.4, -0.2) is 48.9 Å². The van der Waals surface area contributed by atoms with Crippen LogP contribution >= 0.6 is 0 Å². The smallest absolute Gasteiger partial charge is 0.225 e. The second-order valence-corrected chi connectivity index (χ2v) is 4.62. The third-order valence-electron chi connectivity index (χ3n) is 3.07. The van der Waals surface area contributed by atoms with Gasteiger partial charge in [0.15, 0.2) is 0 Å². The molecule has 0 amide bonds. The van der Waals surface area contributed by atoms with Crippen molar-refractivity contribution in [2.45, 2.75) is 26.3 Å². The van der Waals surface area contributed by atoms with E-state index in [0.717, 1.165) is 50.9 Å². The van der Waals surface area contributed by atoms with Gasteiger partial charge in [-0.3, -0.25) is 0 Å². The Morgan fingerprint density at radius 2 is 2.44 bits per heavy atom. The third kappa shape index (κ3) is 3.40. The zero-order valence-corrected chi connectivity index (χ0v) is 11.2. The summed E-state index contributed by atoms with van der Waals surface area (Å²) >= 11 is 0. The quantitative estimate of drug-likeness (QED) is 0.790. The predicted octanol–water partition coefficient (Wildman–Crippen LogP) is 0.990. The molecule has 1 N–H and O–H groups in total. The summed E-state index contributed by atoms with van der Waals surface area (Å²) in [5.74, 6) is 0.821. The number of nitrogens with one attached hydrogen (secondary N) is 1. The summed E-state index contributed by atoms with van der Waals surface area (Å²) in [7, 11) is 0. The molecular formula is C13H22N4O. The summed E-state index contributed by atoms with van der Waals surface area (Å²) in [5, 5.41) is 3.44. The highest BCUT2D eigenvalue weighted by Crippen LogP contribution is 2.14. The Labute approximate surface area is 109 Å². The fourth-order valence-corrected chi connectivity index (χ4v) is 2.11. The molecule has 0 bridgehead atoms. The molecule has 0 aliphatic carbocycles. The van der Waals surface area contributed by atoms with Crippen molar-refractivity contribution in [3.05, 3.63) is 18.0 Å². The van der Waals surface area contributed by atoms with Crippen molar-refractivity contribution in [1.29, 1.82) is 0 Å². The van der Waals surface area contributed by atoms with Gasteiger partial charge in [-0.1, -0.05) is 6.92 Å². The molecule has 1 saturated heterocycles. The van der Waals surface area contributed by atoms with Gasteiger partial charge in [0.2, 0.25) is 5.95 Å². The van der Waals surface area contributed by atoms with Gasteiger partial charge < -0.3 is 15.0 Å². The molecule has 2 rings (SSSR count). The largest absolute Gasteiger partial charge is 0.377 e. The summed E-state index contributed by atoms with van der Waals surface area (Å²) in [6.45, 7) is 8.49. The Bertz CT molecular complexity index is 372.